The molecule has 2 aromatic rings. The van der Waals surface area contributed by atoms with Crippen LogP contribution < -0.4 is 15.8 Å². The third kappa shape index (κ3) is 5.16. The normalized spacial score (nSPS) is 16.4. The molecule has 0 saturated carbocycles. The van der Waals surface area contributed by atoms with Crippen molar-refractivity contribution in [1.29, 1.82) is 5.26 Å². The zero-order valence-electron chi connectivity index (χ0n) is 15.4. The van der Waals surface area contributed by atoms with Gasteiger partial charge in [0, 0.05) is 18.5 Å². The number of ether oxygens (including phenoxy) is 1. The van der Waals surface area contributed by atoms with Crippen LogP contribution in [0.15, 0.2) is 52.6 Å². The van der Waals surface area contributed by atoms with E-state index in [0.717, 1.165) is 5.56 Å². The van der Waals surface area contributed by atoms with Crippen molar-refractivity contribution in [2.75, 3.05) is 13.1 Å². The highest BCUT2D eigenvalue weighted by Gasteiger charge is 2.29. The van der Waals surface area contributed by atoms with Gasteiger partial charge in [0.25, 0.3) is 0 Å². The fourth-order valence-electron chi connectivity index (χ4n) is 2.87. The van der Waals surface area contributed by atoms with Crippen molar-refractivity contribution >= 4 is 40.6 Å². The SMILES string of the molecule is N#CNC(=Nc1cccc(OC(F)F)c1)N1CC(CN)C(c2ccc(Cl)c(Cl)c2)=N1. The summed E-state index contributed by atoms with van der Waals surface area (Å²) < 4.78 is 29.3. The molecule has 0 amide bonds. The number of nitrogens with zero attached hydrogens (tertiary/aromatic N) is 4. The molecule has 0 fully saturated rings. The predicted molar refractivity (Wildman–Crippen MR) is 111 cm³/mol. The number of nitrogens with two attached hydrogens (primary N) is 1. The Morgan fingerprint density at radius 3 is 2.80 bits per heavy atom. The van der Waals surface area contributed by atoms with Crippen molar-refractivity contribution in [3.63, 3.8) is 0 Å². The molecular formula is C19H16Cl2F2N6O. The number of hydrogen-bond acceptors (Lipinski definition) is 5. The lowest BCUT2D eigenvalue weighted by molar-refractivity contribution is -0.0498. The third-order valence-electron chi connectivity index (χ3n) is 4.20. The molecule has 1 unspecified atom stereocenters. The van der Waals surface area contributed by atoms with Gasteiger partial charge in [0.2, 0.25) is 5.96 Å². The number of halogens is 4. The summed E-state index contributed by atoms with van der Waals surface area (Å²) in [5, 5.41) is 18.4. The largest absolute Gasteiger partial charge is 0.435 e. The van der Waals surface area contributed by atoms with Crippen LogP contribution in [-0.2, 0) is 0 Å². The van der Waals surface area contributed by atoms with Crippen LogP contribution in [0.3, 0.4) is 0 Å². The quantitative estimate of drug-likeness (QED) is 0.309. The monoisotopic (exact) mass is 452 g/mol. The second-order valence-electron chi connectivity index (χ2n) is 6.18. The van der Waals surface area contributed by atoms with E-state index < -0.39 is 6.61 Å². The standard InChI is InChI=1S/C19H16Cl2F2N6O/c20-15-5-4-11(6-16(15)21)17-12(8-24)9-29(28-17)19(26-10-25)27-13-2-1-3-14(7-13)30-18(22)23/h1-7,12,18H,8-9,24H2,(H,26,27). The maximum Gasteiger partial charge on any atom is 0.387 e. The second-order valence-corrected chi connectivity index (χ2v) is 6.99. The van der Waals surface area contributed by atoms with E-state index in [-0.39, 0.29) is 17.6 Å². The Bertz CT molecular complexity index is 1020. The molecule has 0 aromatic heterocycles. The first-order chi connectivity index (χ1) is 14.4. The van der Waals surface area contributed by atoms with Crippen LogP contribution in [0.2, 0.25) is 10.0 Å². The van der Waals surface area contributed by atoms with Crippen molar-refractivity contribution in [2.24, 2.45) is 21.7 Å². The number of nitrogens with one attached hydrogen (secondary N) is 1. The molecule has 1 atom stereocenters. The van der Waals surface area contributed by atoms with Crippen molar-refractivity contribution in [3.8, 4) is 11.9 Å². The summed E-state index contributed by atoms with van der Waals surface area (Å²) in [5.41, 5.74) is 7.61. The van der Waals surface area contributed by atoms with Crippen LogP contribution in [0.4, 0.5) is 14.5 Å². The van der Waals surface area contributed by atoms with Gasteiger partial charge in [-0.2, -0.15) is 19.1 Å². The van der Waals surface area contributed by atoms with Crippen molar-refractivity contribution < 1.29 is 13.5 Å². The Labute approximate surface area is 181 Å². The molecule has 1 aliphatic rings. The zero-order valence-corrected chi connectivity index (χ0v) is 16.9. The van der Waals surface area contributed by atoms with Gasteiger partial charge in [0.05, 0.1) is 28.0 Å². The number of alkyl halides is 2. The molecule has 1 heterocycles. The van der Waals surface area contributed by atoms with Crippen LogP contribution >= 0.6 is 23.2 Å². The fraction of sp³-hybridized carbons (Fsp3) is 0.211. The van der Waals surface area contributed by atoms with Gasteiger partial charge >= 0.3 is 6.61 Å². The average Bonchev–Trinajstić information content (AvgIpc) is 3.14. The van der Waals surface area contributed by atoms with E-state index in [1.807, 2.05) is 0 Å². The fourth-order valence-corrected chi connectivity index (χ4v) is 3.17. The Hall–Kier alpha value is -2.93. The zero-order chi connectivity index (χ0) is 21.7. The first-order valence-electron chi connectivity index (χ1n) is 8.71. The van der Waals surface area contributed by atoms with Crippen LogP contribution in [0.25, 0.3) is 0 Å². The Morgan fingerprint density at radius 2 is 2.13 bits per heavy atom. The van der Waals surface area contributed by atoms with E-state index in [2.05, 4.69) is 20.1 Å². The smallest absolute Gasteiger partial charge is 0.387 e. The third-order valence-corrected chi connectivity index (χ3v) is 4.94. The number of aliphatic imine (C=N–C) groups is 1. The van der Waals surface area contributed by atoms with Gasteiger partial charge < -0.3 is 10.5 Å². The van der Waals surface area contributed by atoms with Gasteiger partial charge in [0.1, 0.15) is 5.75 Å². The highest BCUT2D eigenvalue weighted by molar-refractivity contribution is 6.42. The Kier molecular flexibility index (Phi) is 7.05. The van der Waals surface area contributed by atoms with Gasteiger partial charge in [-0.05, 0) is 29.8 Å². The number of hydrazone groups is 1. The number of hydrogen-bond donors (Lipinski definition) is 2. The lowest BCUT2D eigenvalue weighted by atomic mass is 9.98. The molecule has 0 aliphatic carbocycles. The van der Waals surface area contributed by atoms with Crippen molar-refractivity contribution in [3.05, 3.63) is 58.1 Å². The molecule has 11 heteroatoms. The molecule has 0 saturated heterocycles. The summed E-state index contributed by atoms with van der Waals surface area (Å²) in [6.45, 7) is -2.30. The Balaban J connectivity index is 1.94. The number of rotatable bonds is 5. The van der Waals surface area contributed by atoms with E-state index in [1.165, 1.54) is 23.2 Å². The van der Waals surface area contributed by atoms with Crippen LogP contribution in [0.5, 0.6) is 5.75 Å². The maximum atomic E-state index is 12.5. The highest BCUT2D eigenvalue weighted by Crippen LogP contribution is 2.27. The molecular weight excluding hydrogens is 437 g/mol. The predicted octanol–water partition coefficient (Wildman–Crippen LogP) is 3.95. The molecule has 0 bridgehead atoms. The highest BCUT2D eigenvalue weighted by atomic mass is 35.5. The summed E-state index contributed by atoms with van der Waals surface area (Å²) in [4.78, 5) is 4.32. The maximum absolute atomic E-state index is 12.5. The van der Waals surface area contributed by atoms with Gasteiger partial charge in [-0.25, -0.2) is 10.0 Å². The summed E-state index contributed by atoms with van der Waals surface area (Å²) in [5.74, 6) is -0.0922. The molecule has 30 heavy (non-hydrogen) atoms. The molecule has 156 valence electrons. The van der Waals surface area contributed by atoms with Gasteiger partial charge in [-0.1, -0.05) is 35.3 Å². The molecule has 3 rings (SSSR count). The summed E-state index contributed by atoms with van der Waals surface area (Å²) >= 11 is 12.1. The molecule has 0 radical (unpaired) electrons. The summed E-state index contributed by atoms with van der Waals surface area (Å²) in [7, 11) is 0. The van der Waals surface area contributed by atoms with Gasteiger partial charge in [-0.15, -0.1) is 0 Å². The minimum absolute atomic E-state index is 0.0520. The number of guanidine groups is 1. The average molecular weight is 453 g/mol. The Morgan fingerprint density at radius 1 is 1.33 bits per heavy atom. The molecule has 7 nitrogen and oxygen atoms in total. The second kappa shape index (κ2) is 9.71. The number of benzene rings is 2. The van der Waals surface area contributed by atoms with E-state index in [9.17, 15) is 8.78 Å². The topological polar surface area (TPSA) is 99.0 Å². The van der Waals surface area contributed by atoms with Crippen molar-refractivity contribution in [1.82, 2.24) is 10.3 Å². The van der Waals surface area contributed by atoms with E-state index in [1.54, 1.807) is 30.5 Å². The van der Waals surface area contributed by atoms with Gasteiger partial charge in [0.15, 0.2) is 6.19 Å². The van der Waals surface area contributed by atoms with Crippen LogP contribution in [-0.4, -0.2) is 36.4 Å². The van der Waals surface area contributed by atoms with E-state index >= 15 is 0 Å². The summed E-state index contributed by atoms with van der Waals surface area (Å²) in [6, 6.07) is 10.9. The van der Waals surface area contributed by atoms with E-state index in [4.69, 9.17) is 34.2 Å². The lowest BCUT2D eigenvalue weighted by Crippen LogP contribution is -2.36. The number of nitriles is 1. The minimum atomic E-state index is -2.96. The van der Waals surface area contributed by atoms with Gasteiger partial charge in [-0.3, -0.25) is 5.32 Å². The first-order valence-corrected chi connectivity index (χ1v) is 9.47. The van der Waals surface area contributed by atoms with Crippen LogP contribution in [0.1, 0.15) is 5.56 Å². The van der Waals surface area contributed by atoms with Crippen molar-refractivity contribution in [2.45, 2.75) is 6.61 Å². The molecule has 2 aromatic carbocycles. The molecule has 3 N–H and O–H groups in total. The van der Waals surface area contributed by atoms with E-state index in [0.29, 0.717) is 34.5 Å². The van der Waals surface area contributed by atoms with Crippen LogP contribution in [0, 0.1) is 17.4 Å². The summed E-state index contributed by atoms with van der Waals surface area (Å²) in [6.07, 6.45) is 1.80. The molecule has 1 aliphatic heterocycles. The molecule has 0 spiro atoms. The minimum Gasteiger partial charge on any atom is -0.435 e. The first kappa shape index (κ1) is 21.8. The lowest BCUT2D eigenvalue weighted by Gasteiger charge is -2.16.